The smallest absolute Gasteiger partial charge is 0.129 e. The van der Waals surface area contributed by atoms with Gasteiger partial charge in [0.2, 0.25) is 0 Å². The second kappa shape index (κ2) is 7.90. The lowest BCUT2D eigenvalue weighted by Crippen LogP contribution is -2.32. The standard InChI is InChI=1S/C18H25N3O/c1-13-11-20-18(21-12-13)9-10-19-15(3)14(2)16-5-7-17(22-4)8-6-16/h5-8,11-12,14-15,19H,9-10H2,1-4H3. The number of aromatic nitrogens is 2. The molecule has 0 aliphatic carbocycles. The van der Waals surface area contributed by atoms with Gasteiger partial charge in [-0.25, -0.2) is 9.97 Å². The van der Waals surface area contributed by atoms with Gasteiger partial charge >= 0.3 is 0 Å². The molecule has 0 fully saturated rings. The van der Waals surface area contributed by atoms with Crippen LogP contribution in [0.5, 0.6) is 5.75 Å². The molecule has 0 radical (unpaired) electrons. The third-order valence-electron chi connectivity index (χ3n) is 4.04. The summed E-state index contributed by atoms with van der Waals surface area (Å²) in [5.74, 6) is 2.22. The molecule has 4 heteroatoms. The first-order valence-electron chi connectivity index (χ1n) is 7.75. The Morgan fingerprint density at radius 2 is 1.73 bits per heavy atom. The normalized spacial score (nSPS) is 13.6. The Hall–Kier alpha value is -1.94. The zero-order valence-electron chi connectivity index (χ0n) is 13.8. The van der Waals surface area contributed by atoms with Crippen LogP contribution in [-0.2, 0) is 6.42 Å². The van der Waals surface area contributed by atoms with Crippen LogP contribution in [0.2, 0.25) is 0 Å². The molecule has 2 unspecified atom stereocenters. The highest BCUT2D eigenvalue weighted by Crippen LogP contribution is 2.21. The van der Waals surface area contributed by atoms with E-state index in [1.807, 2.05) is 31.5 Å². The molecule has 0 bridgehead atoms. The van der Waals surface area contributed by atoms with Gasteiger partial charge in [0, 0.05) is 31.4 Å². The summed E-state index contributed by atoms with van der Waals surface area (Å²) in [6.07, 6.45) is 4.58. The van der Waals surface area contributed by atoms with E-state index in [1.54, 1.807) is 7.11 Å². The second-order valence-corrected chi connectivity index (χ2v) is 5.73. The third-order valence-corrected chi connectivity index (χ3v) is 4.04. The van der Waals surface area contributed by atoms with Gasteiger partial charge in [-0.2, -0.15) is 0 Å². The lowest BCUT2D eigenvalue weighted by Gasteiger charge is -2.22. The van der Waals surface area contributed by atoms with Crippen LogP contribution in [0, 0.1) is 6.92 Å². The molecular formula is C18H25N3O. The minimum absolute atomic E-state index is 0.388. The van der Waals surface area contributed by atoms with E-state index in [0.29, 0.717) is 12.0 Å². The predicted octanol–water partition coefficient (Wildman–Crippen LogP) is 3.12. The molecule has 0 aliphatic heterocycles. The maximum atomic E-state index is 5.20. The van der Waals surface area contributed by atoms with Crippen LogP contribution in [0.15, 0.2) is 36.7 Å². The van der Waals surface area contributed by atoms with Gasteiger partial charge in [-0.05, 0) is 43.0 Å². The Labute approximate surface area is 133 Å². The van der Waals surface area contributed by atoms with E-state index in [4.69, 9.17) is 4.74 Å². The largest absolute Gasteiger partial charge is 0.497 e. The van der Waals surface area contributed by atoms with Gasteiger partial charge in [0.15, 0.2) is 0 Å². The van der Waals surface area contributed by atoms with Crippen molar-refractivity contribution in [1.82, 2.24) is 15.3 Å². The Balaban J connectivity index is 1.82. The molecule has 0 saturated carbocycles. The molecule has 4 nitrogen and oxygen atoms in total. The summed E-state index contributed by atoms with van der Waals surface area (Å²) >= 11 is 0. The Morgan fingerprint density at radius 3 is 2.32 bits per heavy atom. The van der Waals surface area contributed by atoms with Crippen molar-refractivity contribution in [3.8, 4) is 5.75 Å². The molecule has 0 saturated heterocycles. The van der Waals surface area contributed by atoms with Gasteiger partial charge < -0.3 is 10.1 Å². The topological polar surface area (TPSA) is 47.0 Å². The van der Waals surface area contributed by atoms with Crippen molar-refractivity contribution in [2.24, 2.45) is 0 Å². The van der Waals surface area contributed by atoms with E-state index in [2.05, 4.69) is 41.3 Å². The van der Waals surface area contributed by atoms with Gasteiger partial charge in [-0.1, -0.05) is 19.1 Å². The number of hydrogen-bond acceptors (Lipinski definition) is 4. The average molecular weight is 299 g/mol. The van der Waals surface area contributed by atoms with E-state index in [0.717, 1.165) is 30.1 Å². The van der Waals surface area contributed by atoms with Crippen molar-refractivity contribution in [2.75, 3.05) is 13.7 Å². The number of rotatable bonds is 7. The highest BCUT2D eigenvalue weighted by atomic mass is 16.5. The summed E-state index contributed by atoms with van der Waals surface area (Å²) < 4.78 is 5.20. The Kier molecular flexibility index (Phi) is 5.90. The summed E-state index contributed by atoms with van der Waals surface area (Å²) in [6.45, 7) is 7.33. The summed E-state index contributed by atoms with van der Waals surface area (Å²) in [4.78, 5) is 8.66. The molecule has 2 aromatic rings. The lowest BCUT2D eigenvalue weighted by atomic mass is 9.94. The van der Waals surface area contributed by atoms with Crippen LogP contribution in [-0.4, -0.2) is 29.7 Å². The monoisotopic (exact) mass is 299 g/mol. The van der Waals surface area contributed by atoms with Gasteiger partial charge in [0.1, 0.15) is 11.6 Å². The minimum atomic E-state index is 0.388. The van der Waals surface area contributed by atoms with Crippen molar-refractivity contribution in [2.45, 2.75) is 39.2 Å². The van der Waals surface area contributed by atoms with Crippen molar-refractivity contribution in [1.29, 1.82) is 0 Å². The van der Waals surface area contributed by atoms with Gasteiger partial charge in [0.05, 0.1) is 7.11 Å². The number of hydrogen-bond donors (Lipinski definition) is 1. The Morgan fingerprint density at radius 1 is 1.09 bits per heavy atom. The molecule has 1 aromatic heterocycles. The van der Waals surface area contributed by atoms with Crippen LogP contribution in [0.1, 0.15) is 36.7 Å². The molecule has 1 N–H and O–H groups in total. The summed E-state index contributed by atoms with van der Waals surface area (Å²) in [5.41, 5.74) is 2.41. The first kappa shape index (κ1) is 16.4. The molecular weight excluding hydrogens is 274 g/mol. The van der Waals surface area contributed by atoms with Crippen LogP contribution >= 0.6 is 0 Å². The number of nitrogens with zero attached hydrogens (tertiary/aromatic N) is 2. The van der Waals surface area contributed by atoms with Crippen molar-refractivity contribution < 1.29 is 4.74 Å². The average Bonchev–Trinajstić information content (AvgIpc) is 2.56. The van der Waals surface area contributed by atoms with Crippen LogP contribution < -0.4 is 10.1 Å². The summed E-state index contributed by atoms with van der Waals surface area (Å²) in [7, 11) is 1.69. The lowest BCUT2D eigenvalue weighted by molar-refractivity contribution is 0.414. The second-order valence-electron chi connectivity index (χ2n) is 5.73. The number of nitrogens with one attached hydrogen (secondary N) is 1. The van der Waals surface area contributed by atoms with Gasteiger partial charge in [-0.3, -0.25) is 0 Å². The highest BCUT2D eigenvalue weighted by Gasteiger charge is 2.13. The first-order chi connectivity index (χ1) is 10.6. The fourth-order valence-electron chi connectivity index (χ4n) is 2.33. The molecule has 2 atom stereocenters. The molecule has 22 heavy (non-hydrogen) atoms. The maximum Gasteiger partial charge on any atom is 0.129 e. The molecule has 1 aromatic carbocycles. The molecule has 1 heterocycles. The van der Waals surface area contributed by atoms with Crippen molar-refractivity contribution in [3.05, 3.63) is 53.6 Å². The zero-order valence-corrected chi connectivity index (χ0v) is 13.8. The molecule has 2 rings (SSSR count). The van der Waals surface area contributed by atoms with Gasteiger partial charge in [0.25, 0.3) is 0 Å². The van der Waals surface area contributed by atoms with Crippen molar-refractivity contribution >= 4 is 0 Å². The van der Waals surface area contributed by atoms with Crippen LogP contribution in [0.3, 0.4) is 0 Å². The molecule has 0 aliphatic rings. The van der Waals surface area contributed by atoms with E-state index < -0.39 is 0 Å². The van der Waals surface area contributed by atoms with Crippen molar-refractivity contribution in [3.63, 3.8) is 0 Å². The van der Waals surface area contributed by atoms with E-state index in [1.165, 1.54) is 5.56 Å². The zero-order chi connectivity index (χ0) is 15.9. The number of aryl methyl sites for hydroxylation is 1. The van der Waals surface area contributed by atoms with Crippen LogP contribution in [0.25, 0.3) is 0 Å². The highest BCUT2D eigenvalue weighted by molar-refractivity contribution is 5.29. The van der Waals surface area contributed by atoms with Gasteiger partial charge in [-0.15, -0.1) is 0 Å². The molecule has 0 amide bonds. The summed E-state index contributed by atoms with van der Waals surface area (Å²) in [5, 5.41) is 3.56. The fourth-order valence-corrected chi connectivity index (χ4v) is 2.33. The van der Waals surface area contributed by atoms with E-state index in [-0.39, 0.29) is 0 Å². The SMILES string of the molecule is COc1ccc(C(C)C(C)NCCc2ncc(C)cn2)cc1. The molecule has 118 valence electrons. The first-order valence-corrected chi connectivity index (χ1v) is 7.75. The predicted molar refractivity (Wildman–Crippen MR) is 89.3 cm³/mol. The maximum absolute atomic E-state index is 5.20. The molecule has 0 spiro atoms. The number of benzene rings is 1. The quantitative estimate of drug-likeness (QED) is 0.853. The van der Waals surface area contributed by atoms with Crippen LogP contribution in [0.4, 0.5) is 0 Å². The summed E-state index contributed by atoms with van der Waals surface area (Å²) in [6, 6.07) is 8.67. The Bertz CT molecular complexity index is 566. The number of methoxy groups -OCH3 is 1. The minimum Gasteiger partial charge on any atom is -0.497 e. The van der Waals surface area contributed by atoms with E-state index >= 15 is 0 Å². The number of ether oxygens (including phenoxy) is 1. The third kappa shape index (κ3) is 4.53. The fraction of sp³-hybridized carbons (Fsp3) is 0.444. The van der Waals surface area contributed by atoms with E-state index in [9.17, 15) is 0 Å².